The zero-order valence-corrected chi connectivity index (χ0v) is 9.12. The lowest BCUT2D eigenvalue weighted by Crippen LogP contribution is -2.22. The molecule has 10 heteroatoms. The van der Waals surface area contributed by atoms with E-state index >= 15 is 0 Å². The molecule has 0 aliphatic carbocycles. The van der Waals surface area contributed by atoms with Crippen LogP contribution in [0.4, 0.5) is 10.8 Å². The average molecular weight is 254 g/mol. The van der Waals surface area contributed by atoms with Crippen LogP contribution in [0.2, 0.25) is 0 Å². The molecule has 0 spiro atoms. The van der Waals surface area contributed by atoms with E-state index in [1.165, 1.54) is 0 Å². The second-order valence-electron chi connectivity index (χ2n) is 3.01. The molecule has 0 amide bonds. The summed E-state index contributed by atoms with van der Waals surface area (Å²) in [5.74, 6) is 0. The Bertz CT molecular complexity index is 620. The van der Waals surface area contributed by atoms with Crippen molar-refractivity contribution in [2.24, 2.45) is 0 Å². The van der Waals surface area contributed by atoms with E-state index in [1.54, 1.807) is 0 Å². The summed E-state index contributed by atoms with van der Waals surface area (Å²) in [6, 6.07) is 0. The molecule has 0 saturated carbocycles. The number of nitrogens with zero attached hydrogens (tertiary/aromatic N) is 5. The molecule has 0 aromatic carbocycles. The van der Waals surface area contributed by atoms with Crippen molar-refractivity contribution in [2.45, 2.75) is 6.54 Å². The maximum atomic E-state index is 11.4. The Labute approximate surface area is 97.7 Å². The number of rotatable bonds is 3. The van der Waals surface area contributed by atoms with Gasteiger partial charge in [-0.3, -0.25) is 14.7 Å². The van der Waals surface area contributed by atoms with Crippen molar-refractivity contribution in [3.05, 3.63) is 38.0 Å². The molecule has 0 radical (unpaired) electrons. The molecule has 88 valence electrons. The number of hydrogen-bond donors (Lipinski definition) is 1. The van der Waals surface area contributed by atoms with Crippen LogP contribution in [0.1, 0.15) is 5.01 Å². The predicted octanol–water partition coefficient (Wildman–Crippen LogP) is -0.367. The van der Waals surface area contributed by atoms with Crippen LogP contribution in [0.25, 0.3) is 0 Å². The maximum absolute atomic E-state index is 11.4. The lowest BCUT2D eigenvalue weighted by atomic mass is 10.5. The largest absolute Gasteiger partial charge is 0.374 e. The third-order valence-corrected chi connectivity index (χ3v) is 2.58. The van der Waals surface area contributed by atoms with Crippen LogP contribution < -0.4 is 11.4 Å². The van der Waals surface area contributed by atoms with E-state index in [-0.39, 0.29) is 17.4 Å². The zero-order valence-electron chi connectivity index (χ0n) is 8.31. The third kappa shape index (κ3) is 2.42. The van der Waals surface area contributed by atoms with E-state index in [0.717, 1.165) is 28.3 Å². The van der Waals surface area contributed by atoms with Gasteiger partial charge in [-0.25, -0.2) is 4.79 Å². The van der Waals surface area contributed by atoms with Gasteiger partial charge in [0, 0.05) is 0 Å². The molecular weight excluding hydrogens is 248 g/mol. The number of nitrogen functional groups attached to an aromatic ring is 1. The van der Waals surface area contributed by atoms with Gasteiger partial charge in [0.1, 0.15) is 11.2 Å². The van der Waals surface area contributed by atoms with E-state index in [1.807, 2.05) is 0 Å². The minimum absolute atomic E-state index is 0.0579. The minimum atomic E-state index is -0.628. The molecule has 2 N–H and O–H groups in total. The Balaban J connectivity index is 2.35. The highest BCUT2D eigenvalue weighted by Gasteiger charge is 2.10. The van der Waals surface area contributed by atoms with Crippen LogP contribution in [0.15, 0.2) is 17.2 Å². The topological polar surface area (TPSA) is 130 Å². The smallest absolute Gasteiger partial charge is 0.348 e. The van der Waals surface area contributed by atoms with Crippen LogP contribution >= 0.6 is 11.3 Å². The van der Waals surface area contributed by atoms with Gasteiger partial charge in [0.05, 0.1) is 17.7 Å². The first-order chi connectivity index (χ1) is 8.06. The molecule has 0 bridgehead atoms. The first-order valence-electron chi connectivity index (χ1n) is 4.35. The summed E-state index contributed by atoms with van der Waals surface area (Å²) in [4.78, 5) is 24.7. The van der Waals surface area contributed by atoms with Crippen LogP contribution in [0.5, 0.6) is 0 Å². The molecule has 0 aliphatic heterocycles. The summed E-state index contributed by atoms with van der Waals surface area (Å²) < 4.78 is 1.08. The summed E-state index contributed by atoms with van der Waals surface area (Å²) in [5, 5.41) is 18.6. The number of aromatic nitrogens is 4. The summed E-state index contributed by atoms with van der Waals surface area (Å²) in [6.07, 6.45) is 2.01. The Morgan fingerprint density at radius 1 is 1.53 bits per heavy atom. The molecule has 2 heterocycles. The normalized spacial score (nSPS) is 10.4. The second kappa shape index (κ2) is 4.25. The SMILES string of the molecule is Nc1nnc(Cn2cc([N+](=O)[O-])cnc2=O)s1. The van der Waals surface area contributed by atoms with E-state index in [0.29, 0.717) is 5.01 Å². The van der Waals surface area contributed by atoms with Gasteiger partial charge in [-0.15, -0.1) is 10.2 Å². The highest BCUT2D eigenvalue weighted by Crippen LogP contribution is 2.12. The Kier molecular flexibility index (Phi) is 2.78. The summed E-state index contributed by atoms with van der Waals surface area (Å²) in [6.45, 7) is 0.0579. The standard InChI is InChI=1S/C7H6N6O3S/c8-6-11-10-5(17-6)3-12-2-4(13(15)16)1-9-7(12)14/h1-2H,3H2,(H2,8,11). The number of anilines is 1. The molecule has 2 rings (SSSR count). The molecule has 0 aliphatic rings. The van der Waals surface area contributed by atoms with Crippen LogP contribution in [0.3, 0.4) is 0 Å². The van der Waals surface area contributed by atoms with E-state index in [4.69, 9.17) is 5.73 Å². The maximum Gasteiger partial charge on any atom is 0.348 e. The van der Waals surface area contributed by atoms with Crippen LogP contribution in [0, 0.1) is 10.1 Å². The molecule has 17 heavy (non-hydrogen) atoms. The fraction of sp³-hybridized carbons (Fsp3) is 0.143. The van der Waals surface area contributed by atoms with Gasteiger partial charge in [-0.1, -0.05) is 11.3 Å². The Morgan fingerprint density at radius 2 is 2.29 bits per heavy atom. The number of nitrogens with two attached hydrogens (primary N) is 1. The van der Waals surface area contributed by atoms with E-state index < -0.39 is 10.6 Å². The van der Waals surface area contributed by atoms with E-state index in [2.05, 4.69) is 15.2 Å². The van der Waals surface area contributed by atoms with E-state index in [9.17, 15) is 14.9 Å². The molecule has 2 aromatic heterocycles. The van der Waals surface area contributed by atoms with Crippen molar-refractivity contribution >= 4 is 22.2 Å². The molecular formula is C7H6N6O3S. The van der Waals surface area contributed by atoms with Gasteiger partial charge < -0.3 is 5.73 Å². The van der Waals surface area contributed by atoms with Crippen molar-refractivity contribution in [3.63, 3.8) is 0 Å². The van der Waals surface area contributed by atoms with Crippen LogP contribution in [-0.4, -0.2) is 24.7 Å². The molecule has 0 unspecified atom stereocenters. The molecule has 9 nitrogen and oxygen atoms in total. The first-order valence-corrected chi connectivity index (χ1v) is 5.16. The molecule has 0 fully saturated rings. The highest BCUT2D eigenvalue weighted by molar-refractivity contribution is 7.15. The van der Waals surface area contributed by atoms with Gasteiger partial charge in [0.2, 0.25) is 5.13 Å². The lowest BCUT2D eigenvalue weighted by Gasteiger charge is -2.00. The first kappa shape index (κ1) is 11.1. The average Bonchev–Trinajstić information content (AvgIpc) is 2.67. The minimum Gasteiger partial charge on any atom is -0.374 e. The van der Waals surface area contributed by atoms with Gasteiger partial charge in [0.25, 0.3) is 0 Å². The summed E-state index contributed by atoms with van der Waals surface area (Å²) >= 11 is 1.10. The van der Waals surface area contributed by atoms with Gasteiger partial charge in [0.15, 0.2) is 0 Å². The lowest BCUT2D eigenvalue weighted by molar-refractivity contribution is -0.385. The van der Waals surface area contributed by atoms with Gasteiger partial charge in [-0.05, 0) is 0 Å². The van der Waals surface area contributed by atoms with Crippen molar-refractivity contribution < 1.29 is 4.92 Å². The van der Waals surface area contributed by atoms with Crippen LogP contribution in [-0.2, 0) is 6.54 Å². The number of nitro groups is 1. The van der Waals surface area contributed by atoms with Crippen molar-refractivity contribution in [1.29, 1.82) is 0 Å². The van der Waals surface area contributed by atoms with Gasteiger partial charge >= 0.3 is 11.4 Å². The summed E-state index contributed by atoms with van der Waals surface area (Å²) in [5.41, 5.74) is 4.53. The predicted molar refractivity (Wildman–Crippen MR) is 58.6 cm³/mol. The molecule has 0 atom stereocenters. The van der Waals surface area contributed by atoms with Gasteiger partial charge in [-0.2, -0.15) is 4.98 Å². The van der Waals surface area contributed by atoms with Crippen molar-refractivity contribution in [3.8, 4) is 0 Å². The quantitative estimate of drug-likeness (QED) is 0.584. The summed E-state index contributed by atoms with van der Waals surface area (Å²) in [7, 11) is 0. The Morgan fingerprint density at radius 3 is 2.88 bits per heavy atom. The van der Waals surface area contributed by atoms with Crippen molar-refractivity contribution in [2.75, 3.05) is 5.73 Å². The third-order valence-electron chi connectivity index (χ3n) is 1.84. The van der Waals surface area contributed by atoms with Crippen molar-refractivity contribution in [1.82, 2.24) is 19.7 Å². The number of hydrogen-bond acceptors (Lipinski definition) is 8. The monoisotopic (exact) mass is 254 g/mol. The zero-order chi connectivity index (χ0) is 12.4. The fourth-order valence-electron chi connectivity index (χ4n) is 1.13. The Hall–Kier alpha value is -2.36. The fourth-order valence-corrected chi connectivity index (χ4v) is 1.74. The molecule has 0 saturated heterocycles. The second-order valence-corrected chi connectivity index (χ2v) is 4.11. The highest BCUT2D eigenvalue weighted by atomic mass is 32.1. The molecule has 2 aromatic rings.